The second kappa shape index (κ2) is 8.38. The van der Waals surface area contributed by atoms with Gasteiger partial charge in [0.05, 0.1) is 6.10 Å². The Balaban J connectivity index is 1.35. The highest BCUT2D eigenvalue weighted by Gasteiger charge is 2.20. The Morgan fingerprint density at radius 3 is 2.42 bits per heavy atom. The van der Waals surface area contributed by atoms with Crippen LogP contribution in [0.3, 0.4) is 0 Å². The van der Waals surface area contributed by atoms with E-state index in [0.29, 0.717) is 12.1 Å². The number of primary amides is 1. The van der Waals surface area contributed by atoms with Gasteiger partial charge in [-0.25, -0.2) is 4.79 Å². The van der Waals surface area contributed by atoms with Gasteiger partial charge in [-0.05, 0) is 69.2 Å². The minimum absolute atomic E-state index is 0.298. The first-order chi connectivity index (χ1) is 11.7. The van der Waals surface area contributed by atoms with Gasteiger partial charge in [0, 0.05) is 19.1 Å². The van der Waals surface area contributed by atoms with Crippen LogP contribution in [0, 0.1) is 0 Å². The number of benzene rings is 1. The van der Waals surface area contributed by atoms with Gasteiger partial charge in [0.25, 0.3) is 0 Å². The predicted molar refractivity (Wildman–Crippen MR) is 95.2 cm³/mol. The lowest BCUT2D eigenvalue weighted by Gasteiger charge is -2.31. The van der Waals surface area contributed by atoms with E-state index < -0.39 is 0 Å². The van der Waals surface area contributed by atoms with Crippen molar-refractivity contribution in [2.75, 3.05) is 19.6 Å². The maximum atomic E-state index is 11.1. The van der Waals surface area contributed by atoms with Gasteiger partial charge >= 0.3 is 6.03 Å². The smallest absolute Gasteiger partial charge is 0.314 e. The fraction of sp³-hybridized carbons (Fsp3) is 0.632. The molecule has 2 fully saturated rings. The second-order valence-electron chi connectivity index (χ2n) is 6.97. The Morgan fingerprint density at radius 1 is 1.12 bits per heavy atom. The van der Waals surface area contributed by atoms with Crippen molar-refractivity contribution in [2.45, 2.75) is 57.1 Å². The fourth-order valence-corrected chi connectivity index (χ4v) is 3.66. The van der Waals surface area contributed by atoms with Gasteiger partial charge in [-0.3, -0.25) is 0 Å². The van der Waals surface area contributed by atoms with Crippen molar-refractivity contribution in [3.63, 3.8) is 0 Å². The van der Waals surface area contributed by atoms with E-state index >= 15 is 0 Å². The monoisotopic (exact) mass is 331 g/mol. The molecule has 3 rings (SSSR count). The number of nitrogens with two attached hydrogens (primary N) is 1. The zero-order valence-electron chi connectivity index (χ0n) is 14.4. The summed E-state index contributed by atoms with van der Waals surface area (Å²) in [4.78, 5) is 12.8. The van der Waals surface area contributed by atoms with E-state index in [0.717, 1.165) is 44.6 Å². The van der Waals surface area contributed by atoms with E-state index in [1.165, 1.54) is 31.2 Å². The number of nitrogens with one attached hydrogen (secondary N) is 1. The highest BCUT2D eigenvalue weighted by Crippen LogP contribution is 2.24. The second-order valence-corrected chi connectivity index (χ2v) is 6.97. The summed E-state index contributed by atoms with van der Waals surface area (Å²) in [5, 5.41) is 3.59. The molecule has 1 aliphatic carbocycles. The van der Waals surface area contributed by atoms with Gasteiger partial charge in [0.2, 0.25) is 0 Å². The number of rotatable bonds is 6. The van der Waals surface area contributed by atoms with Crippen LogP contribution in [0.2, 0.25) is 0 Å². The SMILES string of the molecule is NC(=O)N1CCC(NCCc2ccc(OC3CCCC3)cc2)CC1. The third kappa shape index (κ3) is 4.87. The van der Waals surface area contributed by atoms with E-state index in [-0.39, 0.29) is 6.03 Å². The molecule has 24 heavy (non-hydrogen) atoms. The minimum Gasteiger partial charge on any atom is -0.490 e. The Bertz CT molecular complexity index is 518. The molecule has 1 aliphatic heterocycles. The summed E-state index contributed by atoms with van der Waals surface area (Å²) < 4.78 is 6.00. The third-order valence-corrected chi connectivity index (χ3v) is 5.18. The number of ether oxygens (including phenoxy) is 1. The Labute approximate surface area is 144 Å². The van der Waals surface area contributed by atoms with Crippen molar-refractivity contribution >= 4 is 6.03 Å². The first-order valence-electron chi connectivity index (χ1n) is 9.24. The Morgan fingerprint density at radius 2 is 1.79 bits per heavy atom. The number of piperidine rings is 1. The maximum absolute atomic E-state index is 11.1. The molecule has 0 unspecified atom stereocenters. The standard InChI is InChI=1S/C19H29N3O2/c20-19(23)22-13-10-16(11-14-22)21-12-9-15-5-7-18(8-6-15)24-17-3-1-2-4-17/h5-8,16-17,21H,1-4,9-14H2,(H2,20,23). The molecular weight excluding hydrogens is 302 g/mol. The van der Waals surface area contributed by atoms with Crippen molar-refractivity contribution in [3.8, 4) is 5.75 Å². The summed E-state index contributed by atoms with van der Waals surface area (Å²) in [5.41, 5.74) is 6.64. The average Bonchev–Trinajstić information content (AvgIpc) is 3.10. The lowest BCUT2D eigenvalue weighted by Crippen LogP contribution is -2.47. The predicted octanol–water partition coefficient (Wildman–Crippen LogP) is 2.68. The van der Waals surface area contributed by atoms with Crippen LogP contribution in [0.15, 0.2) is 24.3 Å². The zero-order valence-corrected chi connectivity index (χ0v) is 14.4. The molecule has 0 radical (unpaired) electrons. The van der Waals surface area contributed by atoms with E-state index in [1.54, 1.807) is 4.90 Å². The highest BCUT2D eigenvalue weighted by molar-refractivity contribution is 5.72. The molecule has 0 aromatic heterocycles. The molecular formula is C19H29N3O2. The molecule has 1 heterocycles. The molecule has 132 valence electrons. The van der Waals surface area contributed by atoms with Gasteiger partial charge in [0.15, 0.2) is 0 Å². The van der Waals surface area contributed by atoms with Crippen molar-refractivity contribution in [2.24, 2.45) is 5.73 Å². The van der Waals surface area contributed by atoms with Gasteiger partial charge in [-0.2, -0.15) is 0 Å². The maximum Gasteiger partial charge on any atom is 0.314 e. The molecule has 1 saturated heterocycles. The average molecular weight is 331 g/mol. The minimum atomic E-state index is -0.298. The van der Waals surface area contributed by atoms with Crippen LogP contribution < -0.4 is 15.8 Å². The van der Waals surface area contributed by atoms with Crippen LogP contribution in [0.5, 0.6) is 5.75 Å². The van der Waals surface area contributed by atoms with Crippen LogP contribution in [-0.4, -0.2) is 42.7 Å². The summed E-state index contributed by atoms with van der Waals surface area (Å²) in [6.07, 6.45) is 8.39. The molecule has 3 N–H and O–H groups in total. The lowest BCUT2D eigenvalue weighted by atomic mass is 10.0. The third-order valence-electron chi connectivity index (χ3n) is 5.18. The topological polar surface area (TPSA) is 67.6 Å². The van der Waals surface area contributed by atoms with Crippen LogP contribution in [0.4, 0.5) is 4.79 Å². The molecule has 1 saturated carbocycles. The van der Waals surface area contributed by atoms with E-state index in [1.807, 2.05) is 0 Å². The van der Waals surface area contributed by atoms with Crippen LogP contribution >= 0.6 is 0 Å². The first-order valence-corrected chi connectivity index (χ1v) is 9.24. The number of urea groups is 1. The number of amides is 2. The normalized spacial score (nSPS) is 19.6. The van der Waals surface area contributed by atoms with Crippen molar-refractivity contribution < 1.29 is 9.53 Å². The molecule has 1 aromatic carbocycles. The van der Waals surface area contributed by atoms with Crippen molar-refractivity contribution in [1.29, 1.82) is 0 Å². The first kappa shape index (κ1) is 17.1. The van der Waals surface area contributed by atoms with E-state index in [4.69, 9.17) is 10.5 Å². The molecule has 0 spiro atoms. The summed E-state index contributed by atoms with van der Waals surface area (Å²) in [6.45, 7) is 2.49. The number of carbonyl (C=O) groups is 1. The number of carbonyl (C=O) groups excluding carboxylic acids is 1. The molecule has 5 heteroatoms. The van der Waals surface area contributed by atoms with E-state index in [2.05, 4.69) is 29.6 Å². The summed E-state index contributed by atoms with van der Waals surface area (Å²) in [6, 6.07) is 8.72. The Hall–Kier alpha value is -1.75. The number of hydrogen-bond donors (Lipinski definition) is 2. The molecule has 5 nitrogen and oxygen atoms in total. The van der Waals surface area contributed by atoms with Crippen LogP contribution in [-0.2, 0) is 6.42 Å². The lowest BCUT2D eigenvalue weighted by molar-refractivity contribution is 0.185. The quantitative estimate of drug-likeness (QED) is 0.842. The highest BCUT2D eigenvalue weighted by atomic mass is 16.5. The summed E-state index contributed by atoms with van der Waals surface area (Å²) in [7, 11) is 0. The number of likely N-dealkylation sites (tertiary alicyclic amines) is 1. The van der Waals surface area contributed by atoms with Gasteiger partial charge in [-0.15, -0.1) is 0 Å². The summed E-state index contributed by atoms with van der Waals surface area (Å²) in [5.74, 6) is 0.998. The van der Waals surface area contributed by atoms with Crippen LogP contribution in [0.1, 0.15) is 44.1 Å². The van der Waals surface area contributed by atoms with E-state index in [9.17, 15) is 4.79 Å². The molecule has 0 bridgehead atoms. The summed E-state index contributed by atoms with van der Waals surface area (Å²) >= 11 is 0. The molecule has 2 aliphatic rings. The zero-order chi connectivity index (χ0) is 16.8. The van der Waals surface area contributed by atoms with Gasteiger partial charge < -0.3 is 20.7 Å². The van der Waals surface area contributed by atoms with Crippen molar-refractivity contribution in [1.82, 2.24) is 10.2 Å². The largest absolute Gasteiger partial charge is 0.490 e. The molecule has 1 aromatic rings. The molecule has 2 amide bonds. The number of nitrogens with zero attached hydrogens (tertiary/aromatic N) is 1. The van der Waals surface area contributed by atoms with Crippen molar-refractivity contribution in [3.05, 3.63) is 29.8 Å². The van der Waals surface area contributed by atoms with Gasteiger partial charge in [-0.1, -0.05) is 12.1 Å². The molecule has 0 atom stereocenters. The van der Waals surface area contributed by atoms with Gasteiger partial charge in [0.1, 0.15) is 5.75 Å². The number of hydrogen-bond acceptors (Lipinski definition) is 3. The fourth-order valence-electron chi connectivity index (χ4n) is 3.66. The Kier molecular flexibility index (Phi) is 5.96. The van der Waals surface area contributed by atoms with Crippen LogP contribution in [0.25, 0.3) is 0 Å².